The molecule has 1 N–H and O–H groups in total. The standard InChI is InChI=1S/C17H26O2.HNO3.Na/c1-2-3-4-5-6-7-8-11-16-15-10-9-12-17(16)19-18-14-13-15;2-1(3)4;/h9-10,12H,2-8,11,13-14H2,1H3;(H,2,3,4);. The van der Waals surface area contributed by atoms with Crippen molar-refractivity contribution in [3.63, 3.8) is 0 Å². The van der Waals surface area contributed by atoms with Crippen LogP contribution >= 0.6 is 0 Å². The zero-order valence-corrected chi connectivity index (χ0v) is 16.8. The summed E-state index contributed by atoms with van der Waals surface area (Å²) in [5.41, 5.74) is 2.77. The fraction of sp³-hybridized carbons (Fsp3) is 0.647. The maximum Gasteiger partial charge on any atom is 0.291 e. The Morgan fingerprint density at radius 3 is 2.46 bits per heavy atom. The zero-order valence-electron chi connectivity index (χ0n) is 14.8. The average Bonchev–Trinajstić information content (AvgIpc) is 2.61. The van der Waals surface area contributed by atoms with E-state index in [0.29, 0.717) is 6.61 Å². The van der Waals surface area contributed by atoms with E-state index >= 15 is 0 Å². The van der Waals surface area contributed by atoms with Crippen LogP contribution in [0.2, 0.25) is 0 Å². The predicted octanol–water partition coefficient (Wildman–Crippen LogP) is 4.12. The smallest absolute Gasteiger partial charge is 0.291 e. The van der Waals surface area contributed by atoms with Gasteiger partial charge in [-0.25, -0.2) is 0 Å². The van der Waals surface area contributed by atoms with Crippen LogP contribution in [-0.2, 0) is 17.7 Å². The third-order valence-electron chi connectivity index (χ3n) is 3.86. The van der Waals surface area contributed by atoms with Crippen molar-refractivity contribution in [2.24, 2.45) is 0 Å². The van der Waals surface area contributed by atoms with E-state index in [9.17, 15) is 0 Å². The molecule has 1 aromatic carbocycles. The molecule has 0 aliphatic carbocycles. The maximum absolute atomic E-state index is 8.36. The molecule has 0 saturated carbocycles. The molecule has 7 heteroatoms. The summed E-state index contributed by atoms with van der Waals surface area (Å²) in [5, 5.41) is 13.6. The van der Waals surface area contributed by atoms with E-state index in [-0.39, 0.29) is 29.6 Å². The van der Waals surface area contributed by atoms with Gasteiger partial charge < -0.3 is 10.1 Å². The van der Waals surface area contributed by atoms with Crippen molar-refractivity contribution in [2.75, 3.05) is 6.61 Å². The Labute approximate surface area is 165 Å². The molecule has 2 rings (SSSR count). The van der Waals surface area contributed by atoms with E-state index in [0.717, 1.165) is 18.6 Å². The molecule has 0 unspecified atom stereocenters. The molecule has 0 saturated heterocycles. The molecule has 1 aliphatic rings. The Morgan fingerprint density at radius 1 is 1.17 bits per heavy atom. The Balaban J connectivity index is 0.000000954. The van der Waals surface area contributed by atoms with Crippen molar-refractivity contribution in [3.05, 3.63) is 39.4 Å². The minimum Gasteiger partial charge on any atom is -0.337 e. The SMILES string of the molecule is CCCCCCCCCc1c2cccc1OOCC2.O=[N+]([O-])O.[Na]. The number of fused-ring (bicyclic) bond motifs is 2. The average molecular weight is 348 g/mol. The second-order valence-electron chi connectivity index (χ2n) is 5.66. The molecule has 6 nitrogen and oxygen atoms in total. The minimum absolute atomic E-state index is 0. The first-order valence-corrected chi connectivity index (χ1v) is 8.38. The maximum atomic E-state index is 8.36. The molecule has 131 valence electrons. The van der Waals surface area contributed by atoms with Gasteiger partial charge in [-0.3, -0.25) is 0 Å². The molecule has 1 radical (unpaired) electrons. The van der Waals surface area contributed by atoms with E-state index in [1.54, 1.807) is 0 Å². The predicted molar refractivity (Wildman–Crippen MR) is 93.0 cm³/mol. The van der Waals surface area contributed by atoms with Crippen molar-refractivity contribution in [1.29, 1.82) is 0 Å². The van der Waals surface area contributed by atoms with Crippen LogP contribution in [-0.4, -0.2) is 46.5 Å². The van der Waals surface area contributed by atoms with Crippen LogP contribution in [0, 0.1) is 10.1 Å². The minimum atomic E-state index is -1.50. The van der Waals surface area contributed by atoms with Gasteiger partial charge in [0.05, 0.1) is 6.61 Å². The van der Waals surface area contributed by atoms with Gasteiger partial charge in [0, 0.05) is 41.5 Å². The topological polar surface area (TPSA) is 81.8 Å². The second-order valence-corrected chi connectivity index (χ2v) is 5.66. The third kappa shape index (κ3) is 10.1. The van der Waals surface area contributed by atoms with Crippen LogP contribution in [0.25, 0.3) is 0 Å². The Bertz CT molecular complexity index is 442. The first-order chi connectivity index (χ1) is 11.1. The van der Waals surface area contributed by atoms with Crippen LogP contribution in [0.1, 0.15) is 63.0 Å². The molecule has 0 aromatic heterocycles. The van der Waals surface area contributed by atoms with E-state index in [4.69, 9.17) is 25.1 Å². The van der Waals surface area contributed by atoms with Crippen molar-refractivity contribution >= 4 is 29.6 Å². The molecular weight excluding hydrogens is 321 g/mol. The van der Waals surface area contributed by atoms with Crippen LogP contribution in [0.4, 0.5) is 0 Å². The van der Waals surface area contributed by atoms with Gasteiger partial charge in [-0.1, -0.05) is 57.6 Å². The van der Waals surface area contributed by atoms with Gasteiger partial charge >= 0.3 is 0 Å². The van der Waals surface area contributed by atoms with E-state index in [2.05, 4.69) is 19.1 Å². The number of benzene rings is 1. The Kier molecular flexibility index (Phi) is 14.0. The van der Waals surface area contributed by atoms with Gasteiger partial charge in [0.2, 0.25) is 0 Å². The third-order valence-corrected chi connectivity index (χ3v) is 3.86. The molecular formula is C17H27NNaO5. The molecule has 1 aliphatic heterocycles. The van der Waals surface area contributed by atoms with Gasteiger partial charge in [0.1, 0.15) is 0 Å². The first kappa shape index (κ1) is 23.2. The van der Waals surface area contributed by atoms with Gasteiger partial charge in [-0.05, 0) is 24.5 Å². The normalized spacial score (nSPS) is 12.0. The second kappa shape index (κ2) is 14.5. The summed E-state index contributed by atoms with van der Waals surface area (Å²) in [6.45, 7) is 2.93. The molecule has 1 heterocycles. The van der Waals surface area contributed by atoms with Crippen molar-refractivity contribution in [3.8, 4) is 5.75 Å². The van der Waals surface area contributed by atoms with Crippen LogP contribution in [0.3, 0.4) is 0 Å². The van der Waals surface area contributed by atoms with E-state index in [1.165, 1.54) is 56.1 Å². The fourth-order valence-corrected chi connectivity index (χ4v) is 2.72. The fourth-order valence-electron chi connectivity index (χ4n) is 2.72. The van der Waals surface area contributed by atoms with Crippen molar-refractivity contribution < 1.29 is 20.1 Å². The van der Waals surface area contributed by atoms with Gasteiger partial charge in [-0.15, -0.1) is 10.1 Å². The molecule has 0 spiro atoms. The zero-order chi connectivity index (χ0) is 16.9. The van der Waals surface area contributed by atoms with E-state index in [1.807, 2.05) is 6.07 Å². The van der Waals surface area contributed by atoms with Crippen LogP contribution < -0.4 is 4.89 Å². The van der Waals surface area contributed by atoms with Gasteiger partial charge in [0.15, 0.2) is 5.75 Å². The summed E-state index contributed by atoms with van der Waals surface area (Å²) < 4.78 is 0. The molecule has 24 heavy (non-hydrogen) atoms. The Morgan fingerprint density at radius 2 is 1.79 bits per heavy atom. The molecule has 0 atom stereocenters. The number of rotatable bonds is 8. The Hall–Kier alpha value is -0.820. The van der Waals surface area contributed by atoms with E-state index < -0.39 is 5.09 Å². The number of hydrogen-bond acceptors (Lipinski definition) is 4. The largest absolute Gasteiger partial charge is 0.337 e. The summed E-state index contributed by atoms with van der Waals surface area (Å²) in [5.74, 6) is 0.931. The molecule has 2 bridgehead atoms. The number of nitrogens with zero attached hydrogens (tertiary/aromatic N) is 1. The molecule has 0 amide bonds. The summed E-state index contributed by atoms with van der Waals surface area (Å²) in [7, 11) is 0. The van der Waals surface area contributed by atoms with Crippen molar-refractivity contribution in [1.82, 2.24) is 0 Å². The number of hydrogen-bond donors (Lipinski definition) is 1. The van der Waals surface area contributed by atoms with Crippen LogP contribution in [0.5, 0.6) is 5.75 Å². The summed E-state index contributed by atoms with van der Waals surface area (Å²) in [6.07, 6.45) is 11.6. The summed E-state index contributed by atoms with van der Waals surface area (Å²) in [6, 6.07) is 6.29. The quantitative estimate of drug-likeness (QED) is 0.251. The van der Waals surface area contributed by atoms with Gasteiger partial charge in [-0.2, -0.15) is 4.89 Å². The molecule has 1 aromatic rings. The van der Waals surface area contributed by atoms with Crippen molar-refractivity contribution in [2.45, 2.75) is 64.7 Å². The number of unbranched alkanes of at least 4 members (excludes halogenated alkanes) is 6. The summed E-state index contributed by atoms with van der Waals surface area (Å²) in [4.78, 5) is 18.9. The first-order valence-electron chi connectivity index (χ1n) is 8.38. The monoisotopic (exact) mass is 348 g/mol. The molecule has 0 fully saturated rings. The van der Waals surface area contributed by atoms with Crippen LogP contribution in [0.15, 0.2) is 18.2 Å². The summed E-state index contributed by atoms with van der Waals surface area (Å²) >= 11 is 0. The van der Waals surface area contributed by atoms with Gasteiger partial charge in [0.25, 0.3) is 5.09 Å².